The highest BCUT2D eigenvalue weighted by Gasteiger charge is 2.07. The monoisotopic (exact) mass is 371 g/mol. The third-order valence-electron chi connectivity index (χ3n) is 2.34. The summed E-state index contributed by atoms with van der Waals surface area (Å²) in [6.45, 7) is 0. The van der Waals surface area contributed by atoms with Gasteiger partial charge in [-0.3, -0.25) is 0 Å². The van der Waals surface area contributed by atoms with Crippen LogP contribution in [0.15, 0.2) is 30.3 Å². The van der Waals surface area contributed by atoms with E-state index in [1.54, 1.807) is 11.3 Å². The number of hydrogen-bond acceptors (Lipinski definition) is 1. The van der Waals surface area contributed by atoms with Gasteiger partial charge in [-0.05, 0) is 33.3 Å². The number of alkyl halides is 2. The van der Waals surface area contributed by atoms with E-state index in [0.29, 0.717) is 0 Å². The van der Waals surface area contributed by atoms with Gasteiger partial charge in [0.05, 0.1) is 10.2 Å². The molecule has 1 aromatic carbocycles. The van der Waals surface area contributed by atoms with E-state index in [2.05, 4.69) is 72.4 Å². The number of thiophene rings is 1. The average molecular weight is 373 g/mol. The SMILES string of the molecule is [Si]c1ccc(-c2cc(CBr)ccc2CBr)s1. The van der Waals surface area contributed by atoms with Gasteiger partial charge in [-0.2, -0.15) is 0 Å². The summed E-state index contributed by atoms with van der Waals surface area (Å²) in [4.78, 5) is 1.31. The van der Waals surface area contributed by atoms with Crippen LogP contribution in [0.3, 0.4) is 0 Å². The number of benzene rings is 1. The minimum absolute atomic E-state index is 0.889. The molecule has 0 saturated heterocycles. The molecule has 1 heterocycles. The fraction of sp³-hybridized carbons (Fsp3) is 0.167. The molecule has 0 N–H and O–H groups in total. The van der Waals surface area contributed by atoms with E-state index in [-0.39, 0.29) is 0 Å². The zero-order valence-corrected chi connectivity index (χ0v) is 13.5. The lowest BCUT2D eigenvalue weighted by molar-refractivity contribution is 1.37. The molecule has 0 spiro atoms. The molecule has 0 saturated carbocycles. The van der Waals surface area contributed by atoms with Crippen LogP contribution in [0.2, 0.25) is 0 Å². The molecule has 0 bridgehead atoms. The van der Waals surface area contributed by atoms with Crippen molar-refractivity contribution in [2.45, 2.75) is 10.7 Å². The summed E-state index contributed by atoms with van der Waals surface area (Å²) in [5, 5.41) is 1.79. The van der Waals surface area contributed by atoms with Gasteiger partial charge in [0.2, 0.25) is 0 Å². The number of hydrogen-bond donors (Lipinski definition) is 0. The van der Waals surface area contributed by atoms with Crippen LogP contribution in [0, 0.1) is 0 Å². The Labute approximate surface area is 120 Å². The summed E-state index contributed by atoms with van der Waals surface area (Å²) in [5.41, 5.74) is 3.96. The molecular weight excluding hydrogens is 364 g/mol. The standard InChI is InChI=1S/C12H9Br2SSi/c13-6-8-1-2-9(7-14)10(5-8)11-3-4-12(16)15-11/h1-5H,6-7H2. The van der Waals surface area contributed by atoms with Gasteiger partial charge in [-0.1, -0.05) is 50.1 Å². The van der Waals surface area contributed by atoms with Crippen LogP contribution in [-0.4, -0.2) is 10.2 Å². The first kappa shape index (κ1) is 12.6. The van der Waals surface area contributed by atoms with Crippen molar-refractivity contribution in [3.63, 3.8) is 0 Å². The summed E-state index contributed by atoms with van der Waals surface area (Å²) < 4.78 is 1.17. The summed E-state index contributed by atoms with van der Waals surface area (Å²) in [6, 6.07) is 10.9. The summed E-state index contributed by atoms with van der Waals surface area (Å²) in [5.74, 6) is 0. The Morgan fingerprint density at radius 3 is 2.44 bits per heavy atom. The fourth-order valence-corrected chi connectivity index (χ4v) is 3.60. The van der Waals surface area contributed by atoms with Gasteiger partial charge in [-0.25, -0.2) is 0 Å². The Morgan fingerprint density at radius 1 is 1.06 bits per heavy atom. The second-order valence-electron chi connectivity index (χ2n) is 3.42. The van der Waals surface area contributed by atoms with Gasteiger partial charge in [0.1, 0.15) is 0 Å². The van der Waals surface area contributed by atoms with E-state index >= 15 is 0 Å². The molecule has 4 heteroatoms. The molecule has 2 aromatic rings. The van der Waals surface area contributed by atoms with Crippen molar-refractivity contribution < 1.29 is 0 Å². The third-order valence-corrected chi connectivity index (χ3v) is 5.00. The zero-order chi connectivity index (χ0) is 11.5. The second-order valence-corrected chi connectivity index (χ2v) is 6.53. The maximum atomic E-state index is 3.56. The summed E-state index contributed by atoms with van der Waals surface area (Å²) >= 11 is 8.80. The van der Waals surface area contributed by atoms with Gasteiger partial charge in [-0.15, -0.1) is 11.3 Å². The highest BCUT2D eigenvalue weighted by atomic mass is 79.9. The highest BCUT2D eigenvalue weighted by molar-refractivity contribution is 9.08. The lowest BCUT2D eigenvalue weighted by Gasteiger charge is -2.07. The molecule has 0 fully saturated rings. The van der Waals surface area contributed by atoms with E-state index in [9.17, 15) is 0 Å². The maximum absolute atomic E-state index is 3.56. The Bertz CT molecular complexity index is 494. The predicted octanol–water partition coefficient (Wildman–Crippen LogP) is 4.00. The molecule has 2 rings (SSSR count). The van der Waals surface area contributed by atoms with Gasteiger partial charge in [0.15, 0.2) is 0 Å². The first-order chi connectivity index (χ1) is 7.74. The van der Waals surface area contributed by atoms with Crippen LogP contribution in [0.4, 0.5) is 0 Å². The van der Waals surface area contributed by atoms with Crippen molar-refractivity contribution in [3.8, 4) is 10.4 Å². The molecule has 0 nitrogen and oxygen atoms in total. The van der Waals surface area contributed by atoms with Crippen molar-refractivity contribution in [1.82, 2.24) is 0 Å². The predicted molar refractivity (Wildman–Crippen MR) is 80.4 cm³/mol. The summed E-state index contributed by atoms with van der Waals surface area (Å²) in [7, 11) is 3.56. The molecule has 0 aliphatic carbocycles. The number of halogens is 2. The van der Waals surface area contributed by atoms with Crippen molar-refractivity contribution in [3.05, 3.63) is 41.5 Å². The first-order valence-corrected chi connectivity index (χ1v) is 8.36. The quantitative estimate of drug-likeness (QED) is 0.564. The highest BCUT2D eigenvalue weighted by Crippen LogP contribution is 2.30. The van der Waals surface area contributed by atoms with Crippen LogP contribution in [0.5, 0.6) is 0 Å². The lowest BCUT2D eigenvalue weighted by atomic mass is 10.0. The minimum Gasteiger partial charge on any atom is -0.146 e. The molecule has 0 amide bonds. The largest absolute Gasteiger partial charge is 0.146 e. The Morgan fingerprint density at radius 2 is 1.88 bits per heavy atom. The number of rotatable bonds is 3. The lowest BCUT2D eigenvalue weighted by Crippen LogP contribution is -1.89. The molecule has 3 radical (unpaired) electrons. The van der Waals surface area contributed by atoms with Crippen molar-refractivity contribution in [2.24, 2.45) is 0 Å². The van der Waals surface area contributed by atoms with E-state index in [1.165, 1.54) is 26.1 Å². The first-order valence-electron chi connectivity index (χ1n) is 4.80. The van der Waals surface area contributed by atoms with E-state index in [1.807, 2.05) is 0 Å². The van der Waals surface area contributed by atoms with E-state index < -0.39 is 0 Å². The van der Waals surface area contributed by atoms with Gasteiger partial charge in [0, 0.05) is 15.5 Å². The van der Waals surface area contributed by atoms with Crippen LogP contribution in [0.25, 0.3) is 10.4 Å². The van der Waals surface area contributed by atoms with Gasteiger partial charge >= 0.3 is 0 Å². The molecule has 1 aromatic heterocycles. The second kappa shape index (κ2) is 5.62. The van der Waals surface area contributed by atoms with Crippen LogP contribution < -0.4 is 4.50 Å². The van der Waals surface area contributed by atoms with Gasteiger partial charge in [0.25, 0.3) is 0 Å². The van der Waals surface area contributed by atoms with Crippen LogP contribution >= 0.6 is 43.2 Å². The van der Waals surface area contributed by atoms with Crippen molar-refractivity contribution in [2.75, 3.05) is 0 Å². The smallest absolute Gasteiger partial charge is 0.0864 e. The zero-order valence-electron chi connectivity index (χ0n) is 8.47. The molecule has 0 atom stereocenters. The van der Waals surface area contributed by atoms with E-state index in [0.717, 1.165) is 10.7 Å². The Balaban J connectivity index is 2.52. The fourth-order valence-electron chi connectivity index (χ4n) is 1.54. The van der Waals surface area contributed by atoms with E-state index in [4.69, 9.17) is 0 Å². The molecular formula is C12H9Br2SSi. The van der Waals surface area contributed by atoms with Crippen molar-refractivity contribution in [1.29, 1.82) is 0 Å². The molecule has 0 aliphatic heterocycles. The van der Waals surface area contributed by atoms with Crippen LogP contribution in [-0.2, 0) is 10.7 Å². The molecule has 0 aliphatic rings. The minimum atomic E-state index is 0.889. The molecule has 0 unspecified atom stereocenters. The molecule has 16 heavy (non-hydrogen) atoms. The Hall–Kier alpha value is 0.0969. The van der Waals surface area contributed by atoms with Crippen LogP contribution in [0.1, 0.15) is 11.1 Å². The Kier molecular flexibility index (Phi) is 4.41. The third kappa shape index (κ3) is 2.67. The topological polar surface area (TPSA) is 0 Å². The normalized spacial score (nSPS) is 10.7. The average Bonchev–Trinajstić information content (AvgIpc) is 2.75. The maximum Gasteiger partial charge on any atom is 0.0864 e. The molecule has 81 valence electrons. The summed E-state index contributed by atoms with van der Waals surface area (Å²) in [6.07, 6.45) is 0. The van der Waals surface area contributed by atoms with Crippen molar-refractivity contribution >= 4 is 57.9 Å². The van der Waals surface area contributed by atoms with Gasteiger partial charge < -0.3 is 0 Å².